The van der Waals surface area contributed by atoms with Crippen molar-refractivity contribution in [2.45, 2.75) is 11.3 Å². The molecule has 30 heavy (non-hydrogen) atoms. The quantitative estimate of drug-likeness (QED) is 0.519. The van der Waals surface area contributed by atoms with Gasteiger partial charge in [-0.15, -0.1) is 10.2 Å². The van der Waals surface area contributed by atoms with Crippen LogP contribution >= 0.6 is 23.2 Å². The standard InChI is InChI=1S/C19H16Cl2N4O4S/c20-15-3-1-2-4-16(15)29-12-11-19(26)22-13-5-7-14(8-6-13)30(27,28)25-18-10-9-17(21)23-24-18/h1-10H,11-12H2,(H,22,26)(H,24,25). The Labute approximate surface area is 183 Å². The van der Waals surface area contributed by atoms with Crippen molar-refractivity contribution in [2.24, 2.45) is 0 Å². The van der Waals surface area contributed by atoms with Gasteiger partial charge in [0, 0.05) is 5.69 Å². The van der Waals surface area contributed by atoms with E-state index in [1.807, 2.05) is 0 Å². The van der Waals surface area contributed by atoms with E-state index in [1.54, 1.807) is 24.3 Å². The van der Waals surface area contributed by atoms with Gasteiger partial charge in [-0.05, 0) is 48.5 Å². The molecule has 1 aromatic heterocycles. The normalized spacial score (nSPS) is 11.0. The number of aromatic nitrogens is 2. The molecule has 156 valence electrons. The predicted molar refractivity (Wildman–Crippen MR) is 114 cm³/mol. The fourth-order valence-corrected chi connectivity index (χ4v) is 3.61. The topological polar surface area (TPSA) is 110 Å². The molecule has 0 saturated carbocycles. The van der Waals surface area contributed by atoms with Crippen LogP contribution < -0.4 is 14.8 Å². The lowest BCUT2D eigenvalue weighted by molar-refractivity contribution is -0.116. The van der Waals surface area contributed by atoms with Crippen molar-refractivity contribution in [3.8, 4) is 5.75 Å². The Balaban J connectivity index is 1.54. The fraction of sp³-hybridized carbons (Fsp3) is 0.105. The van der Waals surface area contributed by atoms with E-state index in [4.69, 9.17) is 27.9 Å². The molecule has 2 aromatic carbocycles. The first-order chi connectivity index (χ1) is 14.3. The van der Waals surface area contributed by atoms with Gasteiger partial charge >= 0.3 is 0 Å². The van der Waals surface area contributed by atoms with Crippen LogP contribution in [0, 0.1) is 0 Å². The number of ether oxygens (including phenoxy) is 1. The Morgan fingerprint density at radius 1 is 0.967 bits per heavy atom. The van der Waals surface area contributed by atoms with Crippen LogP contribution in [0.1, 0.15) is 6.42 Å². The highest BCUT2D eigenvalue weighted by molar-refractivity contribution is 7.92. The molecule has 0 fully saturated rings. The monoisotopic (exact) mass is 466 g/mol. The van der Waals surface area contributed by atoms with Crippen molar-refractivity contribution < 1.29 is 17.9 Å². The second-order valence-electron chi connectivity index (χ2n) is 5.95. The lowest BCUT2D eigenvalue weighted by atomic mass is 10.3. The number of carbonyl (C=O) groups excluding carboxylic acids is 1. The number of halogens is 2. The third-order valence-electron chi connectivity index (χ3n) is 3.74. The molecule has 0 saturated heterocycles. The number of hydrogen-bond acceptors (Lipinski definition) is 6. The second-order valence-corrected chi connectivity index (χ2v) is 8.43. The summed E-state index contributed by atoms with van der Waals surface area (Å²) in [4.78, 5) is 12.1. The number of para-hydroxylation sites is 1. The average molecular weight is 467 g/mol. The van der Waals surface area contributed by atoms with Crippen LogP contribution in [-0.4, -0.2) is 31.1 Å². The molecule has 2 N–H and O–H groups in total. The molecule has 0 unspecified atom stereocenters. The van der Waals surface area contributed by atoms with Gasteiger partial charge in [-0.3, -0.25) is 9.52 Å². The Bertz CT molecular complexity index is 1120. The number of hydrogen-bond donors (Lipinski definition) is 2. The summed E-state index contributed by atoms with van der Waals surface area (Å²) >= 11 is 11.6. The van der Waals surface area contributed by atoms with Gasteiger partial charge in [-0.2, -0.15) is 0 Å². The predicted octanol–water partition coefficient (Wildman–Crippen LogP) is 3.99. The molecule has 8 nitrogen and oxygen atoms in total. The molecule has 0 bridgehead atoms. The zero-order chi connectivity index (χ0) is 21.6. The lowest BCUT2D eigenvalue weighted by Gasteiger charge is -2.10. The number of benzene rings is 2. The van der Waals surface area contributed by atoms with Crippen LogP contribution in [-0.2, 0) is 14.8 Å². The minimum Gasteiger partial charge on any atom is -0.491 e. The minimum absolute atomic E-state index is 0.000646. The highest BCUT2D eigenvalue weighted by Gasteiger charge is 2.15. The van der Waals surface area contributed by atoms with Gasteiger partial charge in [0.1, 0.15) is 5.75 Å². The van der Waals surface area contributed by atoms with E-state index in [2.05, 4.69) is 20.2 Å². The van der Waals surface area contributed by atoms with Crippen molar-refractivity contribution in [2.75, 3.05) is 16.6 Å². The fourth-order valence-electron chi connectivity index (χ4n) is 2.32. The molecule has 0 aliphatic rings. The maximum absolute atomic E-state index is 12.4. The third kappa shape index (κ3) is 6.06. The molecular formula is C19H16Cl2N4O4S. The second kappa shape index (κ2) is 9.75. The van der Waals surface area contributed by atoms with Gasteiger partial charge in [0.15, 0.2) is 11.0 Å². The van der Waals surface area contributed by atoms with E-state index in [1.165, 1.54) is 36.4 Å². The van der Waals surface area contributed by atoms with Gasteiger partial charge in [0.25, 0.3) is 10.0 Å². The highest BCUT2D eigenvalue weighted by atomic mass is 35.5. The van der Waals surface area contributed by atoms with Gasteiger partial charge < -0.3 is 10.1 Å². The van der Waals surface area contributed by atoms with E-state index < -0.39 is 10.0 Å². The smallest absolute Gasteiger partial charge is 0.263 e. The van der Waals surface area contributed by atoms with Crippen molar-refractivity contribution in [1.82, 2.24) is 10.2 Å². The molecule has 3 rings (SSSR count). The van der Waals surface area contributed by atoms with E-state index in [-0.39, 0.29) is 34.8 Å². The Morgan fingerprint density at radius 3 is 2.37 bits per heavy atom. The zero-order valence-corrected chi connectivity index (χ0v) is 17.7. The first-order valence-electron chi connectivity index (χ1n) is 8.63. The first kappa shape index (κ1) is 21.8. The number of carbonyl (C=O) groups is 1. The van der Waals surface area contributed by atoms with Crippen LogP contribution in [0.2, 0.25) is 10.2 Å². The molecule has 1 heterocycles. The van der Waals surface area contributed by atoms with Gasteiger partial charge in [0.2, 0.25) is 5.91 Å². The van der Waals surface area contributed by atoms with Crippen LogP contribution in [0.3, 0.4) is 0 Å². The Hall–Kier alpha value is -2.88. The van der Waals surface area contributed by atoms with Gasteiger partial charge in [0.05, 0.1) is 22.9 Å². The van der Waals surface area contributed by atoms with Gasteiger partial charge in [-0.25, -0.2) is 8.42 Å². The molecule has 1 amide bonds. The molecule has 0 aliphatic carbocycles. The molecule has 0 atom stereocenters. The molecule has 0 spiro atoms. The van der Waals surface area contributed by atoms with E-state index in [0.717, 1.165) is 0 Å². The Kier molecular flexibility index (Phi) is 7.09. The molecule has 0 aliphatic heterocycles. The van der Waals surface area contributed by atoms with Crippen LogP contribution in [0.4, 0.5) is 11.5 Å². The largest absolute Gasteiger partial charge is 0.491 e. The van der Waals surface area contributed by atoms with Crippen molar-refractivity contribution >= 4 is 50.6 Å². The molecule has 3 aromatic rings. The first-order valence-corrected chi connectivity index (χ1v) is 10.9. The minimum atomic E-state index is -3.86. The van der Waals surface area contributed by atoms with E-state index in [0.29, 0.717) is 16.5 Å². The number of rotatable bonds is 8. The summed E-state index contributed by atoms with van der Waals surface area (Å²) in [6.07, 6.45) is 0.0993. The SMILES string of the molecule is O=C(CCOc1ccccc1Cl)Nc1ccc(S(=O)(=O)Nc2ccc(Cl)nn2)cc1. The lowest BCUT2D eigenvalue weighted by Crippen LogP contribution is -2.16. The van der Waals surface area contributed by atoms with Crippen LogP contribution in [0.15, 0.2) is 65.6 Å². The van der Waals surface area contributed by atoms with Crippen molar-refractivity contribution in [3.63, 3.8) is 0 Å². The average Bonchev–Trinajstić information content (AvgIpc) is 2.71. The van der Waals surface area contributed by atoms with Crippen LogP contribution in [0.5, 0.6) is 5.75 Å². The van der Waals surface area contributed by atoms with Crippen molar-refractivity contribution in [3.05, 3.63) is 70.8 Å². The van der Waals surface area contributed by atoms with E-state index in [9.17, 15) is 13.2 Å². The van der Waals surface area contributed by atoms with Crippen molar-refractivity contribution in [1.29, 1.82) is 0 Å². The molecule has 11 heteroatoms. The van der Waals surface area contributed by atoms with Gasteiger partial charge in [-0.1, -0.05) is 35.3 Å². The summed E-state index contributed by atoms with van der Waals surface area (Å²) in [7, 11) is -3.86. The third-order valence-corrected chi connectivity index (χ3v) is 5.63. The number of amides is 1. The number of nitrogens with one attached hydrogen (secondary N) is 2. The molecule has 0 radical (unpaired) electrons. The summed E-state index contributed by atoms with van der Waals surface area (Å²) in [6.45, 7) is 0.147. The summed E-state index contributed by atoms with van der Waals surface area (Å²) in [6, 6.07) is 15.5. The summed E-state index contributed by atoms with van der Waals surface area (Å²) < 4.78 is 32.6. The summed E-state index contributed by atoms with van der Waals surface area (Å²) in [5.74, 6) is 0.252. The van der Waals surface area contributed by atoms with Crippen LogP contribution in [0.25, 0.3) is 0 Å². The highest BCUT2D eigenvalue weighted by Crippen LogP contribution is 2.23. The summed E-state index contributed by atoms with van der Waals surface area (Å²) in [5, 5.41) is 10.5. The Morgan fingerprint density at radius 2 is 1.70 bits per heavy atom. The number of nitrogens with zero attached hydrogens (tertiary/aromatic N) is 2. The molecular weight excluding hydrogens is 451 g/mol. The number of sulfonamides is 1. The maximum atomic E-state index is 12.4. The zero-order valence-electron chi connectivity index (χ0n) is 15.4. The summed E-state index contributed by atoms with van der Waals surface area (Å²) in [5.41, 5.74) is 0.447. The maximum Gasteiger partial charge on any atom is 0.263 e. The van der Waals surface area contributed by atoms with E-state index >= 15 is 0 Å². The number of anilines is 2.